The lowest BCUT2D eigenvalue weighted by Crippen LogP contribution is -2.35. The van der Waals surface area contributed by atoms with E-state index in [0.29, 0.717) is 35.6 Å². The molecule has 0 unspecified atom stereocenters. The number of aryl methyl sites for hydroxylation is 1. The van der Waals surface area contributed by atoms with E-state index in [4.69, 9.17) is 9.47 Å². The lowest BCUT2D eigenvalue weighted by molar-refractivity contribution is -0.131. The Kier molecular flexibility index (Phi) is 6.56. The molecule has 3 rings (SSSR count). The van der Waals surface area contributed by atoms with E-state index in [1.165, 1.54) is 12.1 Å². The number of carbonyl (C=O) groups is 1. The Hall–Kier alpha value is -2.84. The standard InChI is InChI=1S/C21H23F2N3O3/c1-4-28-20(29-5-2)12-24-21(27)14-6-8-19-17(10-14)25-13(3)26(19)18-9-7-15(22)11-16(18)23/h6-11,20H,4-5,12H2,1-3H3,(H,24,27). The topological polar surface area (TPSA) is 65.4 Å². The van der Waals surface area contributed by atoms with E-state index in [1.807, 2.05) is 13.8 Å². The third-order valence-corrected chi connectivity index (χ3v) is 4.37. The molecule has 6 nitrogen and oxygen atoms in total. The summed E-state index contributed by atoms with van der Waals surface area (Å²) in [6.07, 6.45) is -0.513. The highest BCUT2D eigenvalue weighted by atomic mass is 19.1. The van der Waals surface area contributed by atoms with E-state index in [1.54, 1.807) is 29.7 Å². The summed E-state index contributed by atoms with van der Waals surface area (Å²) in [4.78, 5) is 16.9. The van der Waals surface area contributed by atoms with Gasteiger partial charge in [0.1, 0.15) is 17.5 Å². The van der Waals surface area contributed by atoms with Crippen LogP contribution in [0, 0.1) is 18.6 Å². The molecule has 0 aliphatic heterocycles. The first kappa shape index (κ1) is 20.9. The summed E-state index contributed by atoms with van der Waals surface area (Å²) >= 11 is 0. The number of imidazole rings is 1. The van der Waals surface area contributed by atoms with E-state index in [-0.39, 0.29) is 18.1 Å². The van der Waals surface area contributed by atoms with Gasteiger partial charge in [-0.1, -0.05) is 0 Å². The van der Waals surface area contributed by atoms with Gasteiger partial charge >= 0.3 is 0 Å². The van der Waals surface area contributed by atoms with Crippen molar-refractivity contribution in [3.63, 3.8) is 0 Å². The van der Waals surface area contributed by atoms with Gasteiger partial charge in [-0.2, -0.15) is 0 Å². The van der Waals surface area contributed by atoms with Crippen molar-refractivity contribution in [1.29, 1.82) is 0 Å². The maximum atomic E-state index is 14.3. The highest BCUT2D eigenvalue weighted by Crippen LogP contribution is 2.24. The molecule has 29 heavy (non-hydrogen) atoms. The number of nitrogens with zero attached hydrogens (tertiary/aromatic N) is 2. The van der Waals surface area contributed by atoms with Crippen LogP contribution in [-0.4, -0.2) is 41.5 Å². The number of hydrogen-bond donors (Lipinski definition) is 1. The molecule has 0 saturated carbocycles. The van der Waals surface area contributed by atoms with Gasteiger partial charge in [0.25, 0.3) is 5.91 Å². The van der Waals surface area contributed by atoms with Crippen molar-refractivity contribution in [2.24, 2.45) is 0 Å². The number of carbonyl (C=O) groups excluding carboxylic acids is 1. The second-order valence-corrected chi connectivity index (χ2v) is 6.34. The SMILES string of the molecule is CCOC(CNC(=O)c1ccc2c(c1)nc(C)n2-c1ccc(F)cc1F)OCC. The highest BCUT2D eigenvalue weighted by Gasteiger charge is 2.16. The number of nitrogens with one attached hydrogen (secondary N) is 1. The Morgan fingerprint density at radius 1 is 1.14 bits per heavy atom. The van der Waals surface area contributed by atoms with Gasteiger partial charge in [0.15, 0.2) is 6.29 Å². The minimum Gasteiger partial charge on any atom is -0.351 e. The first-order valence-electron chi connectivity index (χ1n) is 9.40. The first-order chi connectivity index (χ1) is 13.9. The van der Waals surface area contributed by atoms with E-state index < -0.39 is 17.9 Å². The number of ether oxygens (including phenoxy) is 2. The molecule has 3 aromatic rings. The van der Waals surface area contributed by atoms with Crippen molar-refractivity contribution in [3.05, 3.63) is 59.4 Å². The van der Waals surface area contributed by atoms with Crippen LogP contribution in [0.2, 0.25) is 0 Å². The smallest absolute Gasteiger partial charge is 0.251 e. The molecule has 0 radical (unpaired) electrons. The normalized spacial score (nSPS) is 11.4. The molecule has 8 heteroatoms. The quantitative estimate of drug-likeness (QED) is 0.582. The van der Waals surface area contributed by atoms with Crippen LogP contribution in [0.5, 0.6) is 0 Å². The van der Waals surface area contributed by atoms with Crippen molar-refractivity contribution in [3.8, 4) is 5.69 Å². The molecule has 0 saturated heterocycles. The molecule has 2 aromatic carbocycles. The van der Waals surface area contributed by atoms with Crippen LogP contribution in [0.3, 0.4) is 0 Å². The lowest BCUT2D eigenvalue weighted by Gasteiger charge is -2.17. The number of aromatic nitrogens is 2. The van der Waals surface area contributed by atoms with Crippen LogP contribution in [0.1, 0.15) is 30.0 Å². The third kappa shape index (κ3) is 4.60. The zero-order valence-corrected chi connectivity index (χ0v) is 16.5. The third-order valence-electron chi connectivity index (χ3n) is 4.37. The maximum Gasteiger partial charge on any atom is 0.251 e. The zero-order valence-electron chi connectivity index (χ0n) is 16.5. The van der Waals surface area contributed by atoms with E-state index in [0.717, 1.165) is 6.07 Å². The summed E-state index contributed by atoms with van der Waals surface area (Å²) in [5.41, 5.74) is 1.75. The van der Waals surface area contributed by atoms with Gasteiger partial charge < -0.3 is 14.8 Å². The van der Waals surface area contributed by atoms with Gasteiger partial charge in [-0.25, -0.2) is 13.8 Å². The van der Waals surface area contributed by atoms with Crippen molar-refractivity contribution < 1.29 is 23.0 Å². The van der Waals surface area contributed by atoms with E-state index in [2.05, 4.69) is 10.3 Å². The fourth-order valence-electron chi connectivity index (χ4n) is 3.12. The van der Waals surface area contributed by atoms with Gasteiger partial charge in [-0.3, -0.25) is 9.36 Å². The summed E-state index contributed by atoms with van der Waals surface area (Å²) < 4.78 is 39.9. The van der Waals surface area contributed by atoms with Crippen molar-refractivity contribution >= 4 is 16.9 Å². The van der Waals surface area contributed by atoms with Gasteiger partial charge in [-0.05, 0) is 51.1 Å². The average molecular weight is 403 g/mol. The molecule has 0 spiro atoms. The average Bonchev–Trinajstić information content (AvgIpc) is 3.01. The summed E-state index contributed by atoms with van der Waals surface area (Å²) in [7, 11) is 0. The Balaban J connectivity index is 1.85. The second-order valence-electron chi connectivity index (χ2n) is 6.34. The van der Waals surface area contributed by atoms with Crippen LogP contribution in [-0.2, 0) is 9.47 Å². The second kappa shape index (κ2) is 9.11. The Morgan fingerprint density at radius 3 is 2.52 bits per heavy atom. The van der Waals surface area contributed by atoms with Crippen LogP contribution in [0.15, 0.2) is 36.4 Å². The van der Waals surface area contributed by atoms with Crippen LogP contribution < -0.4 is 5.32 Å². The molecule has 1 aromatic heterocycles. The molecular weight excluding hydrogens is 380 g/mol. The fraction of sp³-hybridized carbons (Fsp3) is 0.333. The number of fused-ring (bicyclic) bond motifs is 1. The van der Waals surface area contributed by atoms with Gasteiger partial charge in [0.05, 0.1) is 23.3 Å². The summed E-state index contributed by atoms with van der Waals surface area (Å²) in [5.74, 6) is -1.11. The zero-order chi connectivity index (χ0) is 21.0. The summed E-state index contributed by atoms with van der Waals surface area (Å²) in [5, 5.41) is 2.78. The molecule has 0 aliphatic carbocycles. The maximum absolute atomic E-state index is 14.3. The van der Waals surface area contributed by atoms with Crippen LogP contribution in [0.25, 0.3) is 16.7 Å². The minimum absolute atomic E-state index is 0.194. The molecule has 1 N–H and O–H groups in total. The number of benzene rings is 2. The number of hydrogen-bond acceptors (Lipinski definition) is 4. The van der Waals surface area contributed by atoms with E-state index >= 15 is 0 Å². The van der Waals surface area contributed by atoms with Crippen LogP contribution in [0.4, 0.5) is 8.78 Å². The highest BCUT2D eigenvalue weighted by molar-refractivity contribution is 5.97. The number of halogens is 2. The predicted octanol–water partition coefficient (Wildman–Crippen LogP) is 3.74. The van der Waals surface area contributed by atoms with Crippen molar-refractivity contribution in [2.75, 3.05) is 19.8 Å². The summed E-state index contributed by atoms with van der Waals surface area (Å²) in [6.45, 7) is 6.59. The van der Waals surface area contributed by atoms with Crippen molar-refractivity contribution in [1.82, 2.24) is 14.9 Å². The predicted molar refractivity (Wildman–Crippen MR) is 105 cm³/mol. The molecule has 0 aliphatic rings. The number of amides is 1. The number of rotatable bonds is 8. The monoisotopic (exact) mass is 403 g/mol. The van der Waals surface area contributed by atoms with E-state index in [9.17, 15) is 13.6 Å². The molecule has 154 valence electrons. The molecule has 1 amide bonds. The van der Waals surface area contributed by atoms with Gasteiger partial charge in [0, 0.05) is 24.8 Å². The molecule has 0 fully saturated rings. The largest absolute Gasteiger partial charge is 0.351 e. The Labute approximate surface area is 167 Å². The molecule has 0 bridgehead atoms. The summed E-state index contributed by atoms with van der Waals surface area (Å²) in [6, 6.07) is 8.34. The Bertz CT molecular complexity index is 1010. The minimum atomic E-state index is -0.688. The van der Waals surface area contributed by atoms with Crippen LogP contribution >= 0.6 is 0 Å². The van der Waals surface area contributed by atoms with Gasteiger partial charge in [0.2, 0.25) is 0 Å². The fourth-order valence-corrected chi connectivity index (χ4v) is 3.12. The molecule has 1 heterocycles. The molecular formula is C21H23F2N3O3. The molecule has 0 atom stereocenters. The lowest BCUT2D eigenvalue weighted by atomic mass is 10.2. The Morgan fingerprint density at radius 2 is 1.86 bits per heavy atom. The first-order valence-corrected chi connectivity index (χ1v) is 9.40. The van der Waals surface area contributed by atoms with Crippen molar-refractivity contribution in [2.45, 2.75) is 27.1 Å². The van der Waals surface area contributed by atoms with Gasteiger partial charge in [-0.15, -0.1) is 0 Å².